The van der Waals surface area contributed by atoms with Crippen molar-refractivity contribution in [1.82, 2.24) is 10.6 Å². The van der Waals surface area contributed by atoms with E-state index in [-0.39, 0.29) is 89.6 Å². The SMILES string of the molecule is O=C[C@@H]1C[C@]2(CC[C@]3(CC[C@@H](Cc4cccc(O)c4)C3)C2)C[C@]12C[C@@H]1C[C@H]3C[C@@H]4[C@@H]5CC[C@@]67Oc8cccc9c8C(=O)[C@@]8(C(O)=CC(Cc%10cccc(CO)c%10)=C[C@@H]8C9=O)[C@H](CCCO)SSCNC8=CC(=C3CN8)[C@@]1(C2)[C@H]4[C@](O)([C@H](O)[C@@]5(CO)O6)[C@H]7O. The summed E-state index contributed by atoms with van der Waals surface area (Å²) >= 11 is 0. The smallest absolute Gasteiger partial charge is 0.240 e. The first-order valence-corrected chi connectivity index (χ1v) is 35.0. The number of nitrogens with one attached hydrogen (secondary N) is 2. The maximum absolute atomic E-state index is 16.4. The molecule has 10 aliphatic carbocycles. The minimum Gasteiger partial charge on any atom is -0.511 e. The zero-order valence-electron chi connectivity index (χ0n) is 49.7. The third kappa shape index (κ3) is 7.98. The minimum atomic E-state index is -2.38. The van der Waals surface area contributed by atoms with Crippen molar-refractivity contribution >= 4 is 39.4 Å². The predicted molar refractivity (Wildman–Crippen MR) is 330 cm³/mol. The summed E-state index contributed by atoms with van der Waals surface area (Å²) in [6, 6.07) is 19.8. The number of phenolic OH excluding ortho intramolecular Hbond substituents is 1. The number of rotatable bonds is 10. The molecule has 3 aromatic rings. The van der Waals surface area contributed by atoms with Gasteiger partial charge in [-0.1, -0.05) is 76.2 Å². The molecule has 0 aromatic heterocycles. The van der Waals surface area contributed by atoms with Crippen LogP contribution in [-0.4, -0.2) is 119 Å². The summed E-state index contributed by atoms with van der Waals surface area (Å²) in [5.41, 5.74) is -1.66. The molecule has 4 aliphatic heterocycles. The minimum absolute atomic E-state index is 0.0125. The van der Waals surface area contributed by atoms with Crippen molar-refractivity contribution in [1.29, 1.82) is 0 Å². The number of aromatic hydroxyl groups is 1. The fraction of sp³-hybridized carbons (Fsp3) is 0.592. The molecule has 4 heterocycles. The van der Waals surface area contributed by atoms with Gasteiger partial charge in [-0.15, -0.1) is 0 Å². The third-order valence-corrected chi connectivity index (χ3v) is 28.5. The van der Waals surface area contributed by atoms with E-state index in [1.807, 2.05) is 36.4 Å². The summed E-state index contributed by atoms with van der Waals surface area (Å²) < 4.78 is 14.4. The molecule has 0 radical (unpaired) electrons. The molecule has 10 N–H and O–H groups in total. The number of hydrogen-bond donors (Lipinski definition) is 10. The standard InChI is InChI=1S/C71H82N2O13S2/c74-18-4-11-56-70-53(23-43(24-55(70)79)21-39-5-1-7-42(20-39)32-75)59(80)48-9-3-10-54(58(48)61(70)81)85-69-15-13-51-49-26-44-25-45-30-66(35-65(29-46(66)33-76)17-16-64(34-65)14-12-41(28-64)19-40-6-2-8-47(78)22-40)36-67(45,52-27-57(72-31-50(44)52)73-38-87-88-56)60(49)71(84,63(69)83)62(82)68(51,37-77)86-69/h1-3,5-10,20,22-24,27,33,41,44-46,49,51,53,56,60,62-63,72-75,77-79,82-84H,4,11-19,21,25-26,28-32,34-38H2/t41-,44-,45-,46-,49+,51-,53+,56-,60-,62+,63-,64-,65-,66-,67-,68-,69+,70-,71-/m0/s1. The number of ether oxygens (including phenoxy) is 2. The van der Waals surface area contributed by atoms with E-state index in [9.17, 15) is 45.6 Å². The molecule has 10 bridgehead atoms. The maximum Gasteiger partial charge on any atom is 0.240 e. The quantitative estimate of drug-likeness (QED) is 0.0672. The van der Waals surface area contributed by atoms with Crippen LogP contribution < -0.4 is 15.4 Å². The van der Waals surface area contributed by atoms with E-state index in [0.29, 0.717) is 60.9 Å². The molecular formula is C71H82N2O13S2. The Kier molecular flexibility index (Phi) is 13.6. The fourth-order valence-corrected chi connectivity index (χ4v) is 25.9. The van der Waals surface area contributed by atoms with Crippen LogP contribution in [0.1, 0.15) is 140 Å². The van der Waals surface area contributed by atoms with Gasteiger partial charge in [-0.25, -0.2) is 0 Å². The lowest BCUT2D eigenvalue weighted by Crippen LogP contribution is -2.88. The molecule has 466 valence electrons. The molecule has 17 heteroatoms. The normalized spacial score (nSPS) is 43.9. The second kappa shape index (κ2) is 20.5. The lowest BCUT2D eigenvalue weighted by atomic mass is 9.42. The number of Topliss-reactive ketones (excluding diaryl/α,β-unsaturated/α-hetero) is 2. The van der Waals surface area contributed by atoms with Gasteiger partial charge in [0, 0.05) is 47.6 Å². The first kappa shape index (κ1) is 58.2. The molecule has 0 unspecified atom stereocenters. The van der Waals surface area contributed by atoms with Crippen LogP contribution in [0.25, 0.3) is 0 Å². The third-order valence-electron chi connectivity index (χ3n) is 25.8. The number of ketones is 2. The molecule has 19 atom stereocenters. The molecule has 8 fully saturated rings. The molecule has 6 spiro atoms. The number of aliphatic hydroxyl groups excluding tert-OH is 6. The van der Waals surface area contributed by atoms with E-state index in [4.69, 9.17) is 9.47 Å². The number of phenols is 1. The van der Waals surface area contributed by atoms with Crippen LogP contribution in [0, 0.1) is 74.4 Å². The summed E-state index contributed by atoms with van der Waals surface area (Å²) in [6.45, 7) is -0.553. The molecule has 2 saturated heterocycles. The van der Waals surface area contributed by atoms with Crippen LogP contribution in [0.5, 0.6) is 11.5 Å². The van der Waals surface area contributed by atoms with Gasteiger partial charge >= 0.3 is 0 Å². The second-order valence-corrected chi connectivity index (χ2v) is 32.5. The Morgan fingerprint density at radius 3 is 2.45 bits per heavy atom. The Labute approximate surface area is 521 Å². The van der Waals surface area contributed by atoms with E-state index in [1.54, 1.807) is 36.4 Å². The Morgan fingerprint density at radius 1 is 0.818 bits per heavy atom. The summed E-state index contributed by atoms with van der Waals surface area (Å²) in [4.78, 5) is 46.3. The lowest BCUT2D eigenvalue weighted by molar-refractivity contribution is -0.461. The predicted octanol–water partition coefficient (Wildman–Crippen LogP) is 8.88. The molecular weight excluding hydrogens is 1150 g/mol. The van der Waals surface area contributed by atoms with Gasteiger partial charge in [0.15, 0.2) is 17.7 Å². The van der Waals surface area contributed by atoms with Gasteiger partial charge < -0.3 is 65.8 Å². The highest BCUT2D eigenvalue weighted by Crippen LogP contribution is 2.81. The highest BCUT2D eigenvalue weighted by molar-refractivity contribution is 8.76. The van der Waals surface area contributed by atoms with Crippen LogP contribution >= 0.6 is 21.6 Å². The fourth-order valence-electron chi connectivity index (χ4n) is 23.0. The highest BCUT2D eigenvalue weighted by atomic mass is 33.1. The summed E-state index contributed by atoms with van der Waals surface area (Å²) in [6.07, 6.45) is 16.3. The molecule has 3 aromatic carbocycles. The Bertz CT molecular complexity index is 3570. The molecule has 6 saturated carbocycles. The first-order valence-electron chi connectivity index (χ1n) is 32.6. The summed E-state index contributed by atoms with van der Waals surface area (Å²) in [5, 5.41) is 104. The van der Waals surface area contributed by atoms with Gasteiger partial charge in [-0.05, 0) is 219 Å². The van der Waals surface area contributed by atoms with Crippen molar-refractivity contribution in [2.45, 2.75) is 157 Å². The van der Waals surface area contributed by atoms with E-state index in [0.717, 1.165) is 87.6 Å². The number of aldehydes is 1. The molecule has 88 heavy (non-hydrogen) atoms. The average Bonchev–Trinajstić information content (AvgIpc) is 1.26. The Hall–Kier alpha value is -4.95. The first-order chi connectivity index (χ1) is 42.4. The van der Waals surface area contributed by atoms with Crippen molar-refractivity contribution in [2.24, 2.45) is 74.4 Å². The Balaban J connectivity index is 0.822. The van der Waals surface area contributed by atoms with Crippen LogP contribution in [0.15, 0.2) is 113 Å². The van der Waals surface area contributed by atoms with E-state index in [2.05, 4.69) is 22.8 Å². The average molecular weight is 1240 g/mol. The van der Waals surface area contributed by atoms with Crippen molar-refractivity contribution in [3.63, 3.8) is 0 Å². The number of benzene rings is 3. The second-order valence-electron chi connectivity index (χ2n) is 29.9. The highest BCUT2D eigenvalue weighted by Gasteiger charge is 2.84. The monoisotopic (exact) mass is 1230 g/mol. The number of dihydropyridines is 1. The number of carbonyl (C=O) groups excluding carboxylic acids is 3. The lowest BCUT2D eigenvalue weighted by Gasteiger charge is -2.72. The number of aliphatic hydroxyl groups is 7. The van der Waals surface area contributed by atoms with E-state index >= 15 is 9.59 Å². The van der Waals surface area contributed by atoms with Crippen LogP contribution in [-0.2, 0) is 29.0 Å². The van der Waals surface area contributed by atoms with Gasteiger partial charge in [0.05, 0.1) is 36.4 Å². The van der Waals surface area contributed by atoms with Crippen LogP contribution in [0.4, 0.5) is 0 Å². The molecule has 0 amide bonds. The Morgan fingerprint density at radius 2 is 1.64 bits per heavy atom. The summed E-state index contributed by atoms with van der Waals surface area (Å²) in [7, 11) is 2.84. The van der Waals surface area contributed by atoms with Gasteiger partial charge in [-0.3, -0.25) is 9.59 Å². The number of carbonyl (C=O) groups is 3. The van der Waals surface area contributed by atoms with Crippen molar-refractivity contribution in [3.05, 3.63) is 141 Å². The van der Waals surface area contributed by atoms with Crippen molar-refractivity contribution < 1.29 is 64.7 Å². The van der Waals surface area contributed by atoms with Crippen LogP contribution in [0.2, 0.25) is 0 Å². The zero-order chi connectivity index (χ0) is 60.5. The van der Waals surface area contributed by atoms with Crippen LogP contribution in [0.3, 0.4) is 0 Å². The maximum atomic E-state index is 16.4. The summed E-state index contributed by atoms with van der Waals surface area (Å²) in [5.74, 6) is -4.76. The van der Waals surface area contributed by atoms with Gasteiger partial charge in [0.2, 0.25) is 5.79 Å². The van der Waals surface area contributed by atoms with Gasteiger partial charge in [-0.2, -0.15) is 0 Å². The zero-order valence-corrected chi connectivity index (χ0v) is 51.3. The van der Waals surface area contributed by atoms with Gasteiger partial charge in [0.1, 0.15) is 46.3 Å². The van der Waals surface area contributed by atoms with Crippen molar-refractivity contribution in [3.8, 4) is 11.5 Å². The topological polar surface area (TPSA) is 256 Å². The largest absolute Gasteiger partial charge is 0.511 e. The van der Waals surface area contributed by atoms with E-state index in [1.165, 1.54) is 39.0 Å². The molecule has 15 nitrogen and oxygen atoms in total. The molecule has 14 aliphatic rings. The van der Waals surface area contributed by atoms with E-state index < -0.39 is 86.6 Å². The number of allylic oxidation sites excluding steroid dienone is 6. The van der Waals surface area contributed by atoms with Crippen molar-refractivity contribution in [2.75, 3.05) is 25.6 Å². The number of hydrogen-bond acceptors (Lipinski definition) is 17. The molecule has 17 rings (SSSR count). The van der Waals surface area contributed by atoms with Gasteiger partial charge in [0.25, 0.3) is 0 Å².